The highest BCUT2D eigenvalue weighted by Crippen LogP contribution is 2.41. The number of fused-ring (bicyclic) bond motifs is 2. The zero-order valence-electron chi connectivity index (χ0n) is 13.8. The van der Waals surface area contributed by atoms with Crippen molar-refractivity contribution in [1.82, 2.24) is 4.90 Å². The molecule has 0 aromatic carbocycles. The van der Waals surface area contributed by atoms with Gasteiger partial charge in [-0.25, -0.2) is 0 Å². The molecule has 2 aliphatic heterocycles. The second-order valence-corrected chi connectivity index (χ2v) is 8.71. The first kappa shape index (κ1) is 15.5. The molecule has 3 rings (SSSR count). The molecule has 2 saturated heterocycles. The molecule has 3 aliphatic rings. The number of aliphatic hydroxyl groups excluding tert-OH is 1. The number of carbonyl (C=O) groups excluding carboxylic acids is 1. The van der Waals surface area contributed by atoms with Crippen LogP contribution >= 0.6 is 0 Å². The van der Waals surface area contributed by atoms with Crippen LogP contribution in [0.5, 0.6) is 0 Å². The average Bonchev–Trinajstić information content (AvgIpc) is 2.63. The predicted octanol–water partition coefficient (Wildman–Crippen LogP) is 3.01. The molecule has 2 bridgehead atoms. The first-order valence-electron chi connectivity index (χ1n) is 8.81. The van der Waals surface area contributed by atoms with Crippen molar-refractivity contribution < 1.29 is 9.90 Å². The topological polar surface area (TPSA) is 40.5 Å². The molecule has 3 fully saturated rings. The minimum Gasteiger partial charge on any atom is -0.393 e. The van der Waals surface area contributed by atoms with Gasteiger partial charge in [-0.05, 0) is 49.9 Å². The summed E-state index contributed by atoms with van der Waals surface area (Å²) >= 11 is 0. The fourth-order valence-electron chi connectivity index (χ4n) is 4.87. The van der Waals surface area contributed by atoms with Crippen molar-refractivity contribution in [2.45, 2.75) is 83.9 Å². The normalized spacial score (nSPS) is 41.5. The fraction of sp³-hybridized carbons (Fsp3) is 0.944. The van der Waals surface area contributed by atoms with E-state index in [1.807, 2.05) is 0 Å². The maximum atomic E-state index is 12.4. The van der Waals surface area contributed by atoms with Crippen molar-refractivity contribution in [3.63, 3.8) is 0 Å². The van der Waals surface area contributed by atoms with Gasteiger partial charge in [0.1, 0.15) is 5.78 Å². The second kappa shape index (κ2) is 5.66. The highest BCUT2D eigenvalue weighted by Gasteiger charge is 2.43. The molecule has 3 heteroatoms. The van der Waals surface area contributed by atoms with Crippen molar-refractivity contribution in [2.24, 2.45) is 17.3 Å². The Balaban J connectivity index is 1.65. The molecule has 0 amide bonds. The van der Waals surface area contributed by atoms with Crippen LogP contribution in [0.15, 0.2) is 0 Å². The number of carbonyl (C=O) groups is 1. The maximum absolute atomic E-state index is 12.4. The Hall–Kier alpha value is -0.410. The molecule has 21 heavy (non-hydrogen) atoms. The summed E-state index contributed by atoms with van der Waals surface area (Å²) in [7, 11) is 0. The number of nitrogens with zero attached hydrogens (tertiary/aromatic N) is 1. The Morgan fingerprint density at radius 2 is 1.71 bits per heavy atom. The predicted molar refractivity (Wildman–Crippen MR) is 84.0 cm³/mol. The molecule has 1 saturated carbocycles. The smallest absolute Gasteiger partial charge is 0.137 e. The van der Waals surface area contributed by atoms with Crippen LogP contribution in [0, 0.1) is 17.3 Å². The van der Waals surface area contributed by atoms with Gasteiger partial charge in [0.15, 0.2) is 0 Å². The van der Waals surface area contributed by atoms with Crippen LogP contribution in [0.3, 0.4) is 0 Å². The van der Waals surface area contributed by atoms with Gasteiger partial charge in [0.05, 0.1) is 6.10 Å². The minimum absolute atomic E-state index is 0.108. The van der Waals surface area contributed by atoms with Gasteiger partial charge in [-0.3, -0.25) is 9.69 Å². The van der Waals surface area contributed by atoms with Crippen LogP contribution in [0.4, 0.5) is 0 Å². The van der Waals surface area contributed by atoms with E-state index in [9.17, 15) is 9.90 Å². The molecule has 120 valence electrons. The molecule has 4 unspecified atom stereocenters. The van der Waals surface area contributed by atoms with E-state index in [-0.39, 0.29) is 12.0 Å². The van der Waals surface area contributed by atoms with Crippen molar-refractivity contribution in [2.75, 3.05) is 6.54 Å². The van der Waals surface area contributed by atoms with Crippen LogP contribution in [0.25, 0.3) is 0 Å². The number of ketones is 1. The van der Waals surface area contributed by atoms with E-state index in [1.165, 1.54) is 12.8 Å². The zero-order valence-corrected chi connectivity index (χ0v) is 13.8. The summed E-state index contributed by atoms with van der Waals surface area (Å²) in [5.74, 6) is 1.40. The van der Waals surface area contributed by atoms with E-state index in [1.54, 1.807) is 0 Å². The van der Waals surface area contributed by atoms with Crippen molar-refractivity contribution >= 4 is 5.78 Å². The number of Topliss-reactive ketones (excluding diaryl/α,β-unsaturated/α-hetero) is 1. The summed E-state index contributed by atoms with van der Waals surface area (Å²) in [5.41, 5.74) is 0.316. The van der Waals surface area contributed by atoms with E-state index in [0.717, 1.165) is 38.6 Å². The lowest BCUT2D eigenvalue weighted by Crippen LogP contribution is -2.49. The van der Waals surface area contributed by atoms with Gasteiger partial charge in [0.25, 0.3) is 0 Å². The van der Waals surface area contributed by atoms with Crippen molar-refractivity contribution in [3.05, 3.63) is 0 Å². The van der Waals surface area contributed by atoms with Gasteiger partial charge >= 0.3 is 0 Å². The van der Waals surface area contributed by atoms with Gasteiger partial charge in [-0.2, -0.15) is 0 Å². The van der Waals surface area contributed by atoms with Crippen LogP contribution in [0.2, 0.25) is 0 Å². The maximum Gasteiger partial charge on any atom is 0.137 e. The Morgan fingerprint density at radius 1 is 1.10 bits per heavy atom. The molecule has 0 aromatic heterocycles. The lowest BCUT2D eigenvalue weighted by Gasteiger charge is -2.42. The monoisotopic (exact) mass is 293 g/mol. The van der Waals surface area contributed by atoms with E-state index in [0.29, 0.717) is 29.2 Å². The molecule has 3 nitrogen and oxygen atoms in total. The Bertz CT molecular complexity index is 387. The summed E-state index contributed by atoms with van der Waals surface area (Å²) in [4.78, 5) is 14.9. The second-order valence-electron chi connectivity index (χ2n) is 8.71. The van der Waals surface area contributed by atoms with Gasteiger partial charge in [0, 0.05) is 31.0 Å². The third-order valence-electron chi connectivity index (χ3n) is 6.28. The van der Waals surface area contributed by atoms with Gasteiger partial charge in [-0.15, -0.1) is 0 Å². The minimum atomic E-state index is -0.108. The largest absolute Gasteiger partial charge is 0.393 e. The number of piperidine rings is 1. The molecule has 1 aliphatic carbocycles. The molecule has 0 aromatic rings. The highest BCUT2D eigenvalue weighted by molar-refractivity contribution is 5.82. The van der Waals surface area contributed by atoms with Crippen LogP contribution in [0.1, 0.15) is 65.7 Å². The molecule has 1 N–H and O–H groups in total. The zero-order chi connectivity index (χ0) is 15.2. The van der Waals surface area contributed by atoms with Crippen LogP contribution in [-0.2, 0) is 4.79 Å². The average molecular weight is 293 g/mol. The first-order chi connectivity index (χ1) is 9.84. The van der Waals surface area contributed by atoms with Gasteiger partial charge < -0.3 is 5.11 Å². The standard InChI is InChI=1S/C18H31NO2/c1-18(2,3)13-4-7-17(21)12(8-13)11-19-14-5-6-15(19)10-16(20)9-14/h12-16,20H,4-11H2,1-3H3. The molecule has 0 radical (unpaired) electrons. The van der Waals surface area contributed by atoms with Crippen LogP contribution < -0.4 is 0 Å². The Morgan fingerprint density at radius 3 is 2.29 bits per heavy atom. The lowest BCUT2D eigenvalue weighted by molar-refractivity contribution is -0.128. The molecule has 0 spiro atoms. The van der Waals surface area contributed by atoms with Crippen LogP contribution in [-0.4, -0.2) is 40.5 Å². The number of hydrogen-bond donors (Lipinski definition) is 1. The first-order valence-corrected chi connectivity index (χ1v) is 8.81. The summed E-state index contributed by atoms with van der Waals surface area (Å²) in [6.45, 7) is 7.88. The highest BCUT2D eigenvalue weighted by atomic mass is 16.3. The molecule has 4 atom stereocenters. The van der Waals surface area contributed by atoms with E-state index >= 15 is 0 Å². The summed E-state index contributed by atoms with van der Waals surface area (Å²) < 4.78 is 0. The van der Waals surface area contributed by atoms with Gasteiger partial charge in [-0.1, -0.05) is 20.8 Å². The SMILES string of the molecule is CC(C)(C)C1CCC(=O)C(CN2C3CCC2CC(O)C3)C1. The van der Waals surface area contributed by atoms with E-state index in [4.69, 9.17) is 0 Å². The molecule has 2 heterocycles. The number of rotatable bonds is 2. The third-order valence-corrected chi connectivity index (χ3v) is 6.28. The number of aliphatic hydroxyl groups is 1. The summed E-state index contributed by atoms with van der Waals surface area (Å²) in [6, 6.07) is 1.06. The van der Waals surface area contributed by atoms with E-state index < -0.39 is 0 Å². The Kier molecular flexibility index (Phi) is 4.17. The number of hydrogen-bond acceptors (Lipinski definition) is 3. The van der Waals surface area contributed by atoms with Crippen molar-refractivity contribution in [3.8, 4) is 0 Å². The van der Waals surface area contributed by atoms with E-state index in [2.05, 4.69) is 25.7 Å². The lowest BCUT2D eigenvalue weighted by atomic mass is 9.68. The van der Waals surface area contributed by atoms with Crippen molar-refractivity contribution in [1.29, 1.82) is 0 Å². The summed E-state index contributed by atoms with van der Waals surface area (Å²) in [5, 5.41) is 9.92. The molecular formula is C18H31NO2. The third kappa shape index (κ3) is 3.19. The van der Waals surface area contributed by atoms with Gasteiger partial charge in [0.2, 0.25) is 0 Å². The molecular weight excluding hydrogens is 262 g/mol. The summed E-state index contributed by atoms with van der Waals surface area (Å²) in [6.07, 6.45) is 7.07. The Labute approximate surface area is 129 Å². The fourth-order valence-corrected chi connectivity index (χ4v) is 4.87. The quantitative estimate of drug-likeness (QED) is 0.851.